The summed E-state index contributed by atoms with van der Waals surface area (Å²) >= 11 is 1.47. The fourth-order valence-corrected chi connectivity index (χ4v) is 3.97. The van der Waals surface area contributed by atoms with Crippen LogP contribution in [0, 0.1) is 5.92 Å². The van der Waals surface area contributed by atoms with E-state index in [-0.39, 0.29) is 11.9 Å². The maximum absolute atomic E-state index is 12.3. The molecule has 0 spiro atoms. The number of carbonyl (C=O) groups excluding carboxylic acids is 1. The predicted octanol–water partition coefficient (Wildman–Crippen LogP) is 3.18. The molecule has 0 saturated carbocycles. The highest BCUT2D eigenvalue weighted by Crippen LogP contribution is 2.21. The maximum atomic E-state index is 12.3. The number of likely N-dealkylation sites (tertiary alicyclic amines) is 1. The van der Waals surface area contributed by atoms with Gasteiger partial charge in [-0.25, -0.2) is 0 Å². The van der Waals surface area contributed by atoms with Gasteiger partial charge >= 0.3 is 0 Å². The van der Waals surface area contributed by atoms with E-state index in [0.717, 1.165) is 37.2 Å². The van der Waals surface area contributed by atoms with Crippen LogP contribution < -0.4 is 5.32 Å². The first-order valence-electron chi connectivity index (χ1n) is 10.1. The Morgan fingerprint density at radius 3 is 2.50 bits per heavy atom. The van der Waals surface area contributed by atoms with Crippen LogP contribution in [-0.4, -0.2) is 50.5 Å². The topological polar surface area (TPSA) is 63.1 Å². The van der Waals surface area contributed by atoms with Crippen LogP contribution in [0.25, 0.3) is 0 Å². The predicted molar refractivity (Wildman–Crippen MR) is 113 cm³/mol. The Bertz CT molecular complexity index is 755. The highest BCUT2D eigenvalue weighted by atomic mass is 32.2. The van der Waals surface area contributed by atoms with Crippen molar-refractivity contribution < 1.29 is 4.79 Å². The Balaban J connectivity index is 1.70. The van der Waals surface area contributed by atoms with E-state index in [1.807, 2.05) is 25.1 Å². The number of benzene rings is 1. The molecular weight excluding hydrogens is 370 g/mol. The van der Waals surface area contributed by atoms with Gasteiger partial charge in [-0.05, 0) is 44.3 Å². The Morgan fingerprint density at radius 1 is 1.11 bits per heavy atom. The second kappa shape index (κ2) is 10.1. The van der Waals surface area contributed by atoms with Crippen LogP contribution in [0.2, 0.25) is 0 Å². The molecule has 1 N–H and O–H groups in total. The summed E-state index contributed by atoms with van der Waals surface area (Å²) in [7, 11) is 0. The van der Waals surface area contributed by atoms with Gasteiger partial charge in [0.05, 0.1) is 18.8 Å². The van der Waals surface area contributed by atoms with Crippen LogP contribution in [0.1, 0.15) is 45.0 Å². The molecule has 3 rings (SSSR count). The van der Waals surface area contributed by atoms with E-state index >= 15 is 0 Å². The van der Waals surface area contributed by atoms with Crippen LogP contribution in [0.15, 0.2) is 35.5 Å². The van der Waals surface area contributed by atoms with Crippen molar-refractivity contribution in [3.63, 3.8) is 0 Å². The van der Waals surface area contributed by atoms with Gasteiger partial charge in [-0.1, -0.05) is 55.9 Å². The number of thioether (sulfide) groups is 1. The van der Waals surface area contributed by atoms with Gasteiger partial charge in [0.1, 0.15) is 5.82 Å². The van der Waals surface area contributed by atoms with Crippen molar-refractivity contribution in [3.8, 4) is 0 Å². The summed E-state index contributed by atoms with van der Waals surface area (Å²) in [5.41, 5.74) is 1.21. The van der Waals surface area contributed by atoms with E-state index in [4.69, 9.17) is 0 Å². The SMILES string of the molecule is CC(C)C(C)NC(=O)CSc1nnc(CN2CCCC2)n1Cc1ccccc1. The van der Waals surface area contributed by atoms with E-state index in [2.05, 4.69) is 51.0 Å². The van der Waals surface area contributed by atoms with Crippen molar-refractivity contribution in [1.82, 2.24) is 25.0 Å². The first kappa shape index (κ1) is 20.9. The second-order valence-corrected chi connectivity index (χ2v) is 8.79. The summed E-state index contributed by atoms with van der Waals surface area (Å²) in [6.45, 7) is 10.0. The molecule has 1 aliphatic heterocycles. The highest BCUT2D eigenvalue weighted by Gasteiger charge is 2.19. The molecular formula is C21H31N5OS. The number of hydrogen-bond acceptors (Lipinski definition) is 5. The van der Waals surface area contributed by atoms with Gasteiger partial charge < -0.3 is 9.88 Å². The Morgan fingerprint density at radius 2 is 1.82 bits per heavy atom. The van der Waals surface area contributed by atoms with E-state index in [0.29, 0.717) is 11.7 Å². The summed E-state index contributed by atoms with van der Waals surface area (Å²) in [5, 5.41) is 12.7. The molecule has 1 unspecified atom stereocenters. The lowest BCUT2D eigenvalue weighted by Crippen LogP contribution is -2.37. The number of nitrogens with zero attached hydrogens (tertiary/aromatic N) is 4. The standard InChI is InChI=1S/C21H31N5OS/c1-16(2)17(3)22-20(27)15-28-21-24-23-19(14-25-11-7-8-12-25)26(21)13-18-9-5-4-6-10-18/h4-6,9-10,16-17H,7-8,11-15H2,1-3H3,(H,22,27). The van der Waals surface area contributed by atoms with Gasteiger partial charge in [-0.2, -0.15) is 0 Å². The summed E-state index contributed by atoms with van der Waals surface area (Å²) in [4.78, 5) is 14.7. The number of aromatic nitrogens is 3. The first-order chi connectivity index (χ1) is 13.5. The lowest BCUT2D eigenvalue weighted by Gasteiger charge is -2.17. The summed E-state index contributed by atoms with van der Waals surface area (Å²) in [6.07, 6.45) is 2.51. The van der Waals surface area contributed by atoms with E-state index in [9.17, 15) is 4.79 Å². The summed E-state index contributed by atoms with van der Waals surface area (Å²) < 4.78 is 2.16. The van der Waals surface area contributed by atoms with Gasteiger partial charge in [-0.3, -0.25) is 9.69 Å². The largest absolute Gasteiger partial charge is 0.353 e. The Kier molecular flexibility index (Phi) is 7.50. The van der Waals surface area contributed by atoms with E-state index < -0.39 is 0 Å². The quantitative estimate of drug-likeness (QED) is 0.654. The highest BCUT2D eigenvalue weighted by molar-refractivity contribution is 7.99. The number of amides is 1. The van der Waals surface area contributed by atoms with Crippen LogP contribution >= 0.6 is 11.8 Å². The molecule has 1 aromatic carbocycles. The van der Waals surface area contributed by atoms with E-state index in [1.54, 1.807) is 0 Å². The van der Waals surface area contributed by atoms with Crippen molar-refractivity contribution in [2.45, 2.75) is 57.9 Å². The fraction of sp³-hybridized carbons (Fsp3) is 0.571. The molecule has 0 radical (unpaired) electrons. The molecule has 152 valence electrons. The van der Waals surface area contributed by atoms with Crippen molar-refractivity contribution in [2.75, 3.05) is 18.8 Å². The number of carbonyl (C=O) groups is 1. The molecule has 7 heteroatoms. The van der Waals surface area contributed by atoms with Crippen molar-refractivity contribution >= 4 is 17.7 Å². The lowest BCUT2D eigenvalue weighted by atomic mass is 10.1. The fourth-order valence-electron chi connectivity index (χ4n) is 3.20. The zero-order valence-electron chi connectivity index (χ0n) is 17.1. The van der Waals surface area contributed by atoms with Gasteiger partial charge in [0.15, 0.2) is 5.16 Å². The summed E-state index contributed by atoms with van der Waals surface area (Å²) in [5.74, 6) is 1.79. The molecule has 1 aromatic heterocycles. The minimum absolute atomic E-state index is 0.0431. The molecule has 0 aliphatic carbocycles. The Labute approximate surface area is 172 Å². The van der Waals surface area contributed by atoms with Crippen LogP contribution in [0.5, 0.6) is 0 Å². The molecule has 1 fully saturated rings. The second-order valence-electron chi connectivity index (χ2n) is 7.84. The minimum atomic E-state index is 0.0431. The number of hydrogen-bond donors (Lipinski definition) is 1. The van der Waals surface area contributed by atoms with Crippen molar-refractivity contribution in [3.05, 3.63) is 41.7 Å². The Hall–Kier alpha value is -1.86. The third-order valence-corrected chi connectivity index (χ3v) is 6.23. The lowest BCUT2D eigenvalue weighted by molar-refractivity contribution is -0.119. The van der Waals surface area contributed by atoms with Gasteiger partial charge in [0.2, 0.25) is 5.91 Å². The van der Waals surface area contributed by atoms with Gasteiger partial charge in [0.25, 0.3) is 0 Å². The first-order valence-corrected chi connectivity index (χ1v) is 11.1. The zero-order valence-corrected chi connectivity index (χ0v) is 17.9. The molecule has 0 bridgehead atoms. The average molecular weight is 402 g/mol. The summed E-state index contributed by atoms with van der Waals surface area (Å²) in [6, 6.07) is 10.5. The van der Waals surface area contributed by atoms with Crippen molar-refractivity contribution in [2.24, 2.45) is 5.92 Å². The molecule has 28 heavy (non-hydrogen) atoms. The normalized spacial score (nSPS) is 15.9. The van der Waals surface area contributed by atoms with Crippen LogP contribution in [0.4, 0.5) is 0 Å². The third-order valence-electron chi connectivity index (χ3n) is 5.26. The minimum Gasteiger partial charge on any atom is -0.353 e. The molecule has 1 atom stereocenters. The maximum Gasteiger partial charge on any atom is 0.230 e. The molecule has 2 aromatic rings. The third kappa shape index (κ3) is 5.82. The molecule has 1 amide bonds. The number of nitrogens with one attached hydrogen (secondary N) is 1. The van der Waals surface area contributed by atoms with E-state index in [1.165, 1.54) is 30.2 Å². The zero-order chi connectivity index (χ0) is 19.9. The smallest absolute Gasteiger partial charge is 0.230 e. The van der Waals surface area contributed by atoms with Gasteiger partial charge in [-0.15, -0.1) is 10.2 Å². The molecule has 1 aliphatic rings. The average Bonchev–Trinajstić information content (AvgIpc) is 3.32. The molecule has 6 nitrogen and oxygen atoms in total. The monoisotopic (exact) mass is 401 g/mol. The van der Waals surface area contributed by atoms with Crippen LogP contribution in [0.3, 0.4) is 0 Å². The number of rotatable bonds is 9. The molecule has 2 heterocycles. The van der Waals surface area contributed by atoms with Crippen LogP contribution in [-0.2, 0) is 17.9 Å². The van der Waals surface area contributed by atoms with Crippen molar-refractivity contribution in [1.29, 1.82) is 0 Å². The van der Waals surface area contributed by atoms with Gasteiger partial charge in [0, 0.05) is 6.04 Å². The molecule has 1 saturated heterocycles.